The molecule has 0 saturated heterocycles. The molecule has 1 aliphatic rings. The topological polar surface area (TPSA) is 82.5 Å². The molecule has 1 amide bonds. The third-order valence-electron chi connectivity index (χ3n) is 4.22. The lowest BCUT2D eigenvalue weighted by molar-refractivity contribution is -0.121. The summed E-state index contributed by atoms with van der Waals surface area (Å²) in [6.45, 7) is 0.953. The van der Waals surface area contributed by atoms with Crippen LogP contribution in [-0.4, -0.2) is 28.7 Å². The summed E-state index contributed by atoms with van der Waals surface area (Å²) in [5, 5.41) is 2.88. The number of carbonyl (C=O) groups excluding carboxylic acids is 1. The van der Waals surface area contributed by atoms with Gasteiger partial charge in [0.25, 0.3) is 5.56 Å². The fourth-order valence-electron chi connectivity index (χ4n) is 2.92. The SMILES string of the molecule is O=C(Cn1cnc2ccc(F)cc2c1=O)NCc1cccc2c1OCCO2. The van der Waals surface area contributed by atoms with Crippen LogP contribution in [-0.2, 0) is 17.9 Å². The largest absolute Gasteiger partial charge is 0.486 e. The number of nitrogens with one attached hydrogen (secondary N) is 1. The van der Waals surface area contributed by atoms with Gasteiger partial charge in [0, 0.05) is 12.1 Å². The molecule has 0 aliphatic carbocycles. The van der Waals surface area contributed by atoms with Crippen molar-refractivity contribution < 1.29 is 18.7 Å². The van der Waals surface area contributed by atoms with Crippen molar-refractivity contribution >= 4 is 16.8 Å². The molecule has 0 saturated carbocycles. The summed E-state index contributed by atoms with van der Waals surface area (Å²) in [7, 11) is 0. The van der Waals surface area contributed by atoms with E-state index in [0.717, 1.165) is 16.2 Å². The van der Waals surface area contributed by atoms with Crippen molar-refractivity contribution in [1.29, 1.82) is 0 Å². The molecule has 0 spiro atoms. The Kier molecular flexibility index (Phi) is 4.45. The lowest BCUT2D eigenvalue weighted by atomic mass is 10.1. The second-order valence-electron chi connectivity index (χ2n) is 6.06. The van der Waals surface area contributed by atoms with Crippen LogP contribution >= 0.6 is 0 Å². The first-order valence-electron chi connectivity index (χ1n) is 8.41. The number of carbonyl (C=O) groups is 1. The quantitative estimate of drug-likeness (QED) is 0.756. The number of ether oxygens (including phenoxy) is 2. The van der Waals surface area contributed by atoms with Gasteiger partial charge in [-0.15, -0.1) is 0 Å². The van der Waals surface area contributed by atoms with Crippen molar-refractivity contribution in [1.82, 2.24) is 14.9 Å². The Labute approximate surface area is 153 Å². The fraction of sp³-hybridized carbons (Fsp3) is 0.211. The number of benzene rings is 2. The summed E-state index contributed by atoms with van der Waals surface area (Å²) in [6, 6.07) is 9.24. The average molecular weight is 369 g/mol. The van der Waals surface area contributed by atoms with E-state index in [1.54, 1.807) is 6.07 Å². The smallest absolute Gasteiger partial charge is 0.261 e. The van der Waals surface area contributed by atoms with Gasteiger partial charge in [-0.3, -0.25) is 14.2 Å². The molecule has 0 radical (unpaired) electrons. The van der Waals surface area contributed by atoms with Gasteiger partial charge in [0.2, 0.25) is 5.91 Å². The molecule has 0 fully saturated rings. The van der Waals surface area contributed by atoms with Gasteiger partial charge >= 0.3 is 0 Å². The van der Waals surface area contributed by atoms with Gasteiger partial charge in [-0.25, -0.2) is 9.37 Å². The molecular weight excluding hydrogens is 353 g/mol. The molecule has 4 rings (SSSR count). The van der Waals surface area contributed by atoms with E-state index in [0.29, 0.717) is 30.2 Å². The lowest BCUT2D eigenvalue weighted by Gasteiger charge is -2.21. The monoisotopic (exact) mass is 369 g/mol. The number of aromatic nitrogens is 2. The average Bonchev–Trinajstić information content (AvgIpc) is 2.69. The number of amides is 1. The van der Waals surface area contributed by atoms with Gasteiger partial charge in [0.1, 0.15) is 25.6 Å². The third-order valence-corrected chi connectivity index (χ3v) is 4.22. The van der Waals surface area contributed by atoms with Gasteiger partial charge in [-0.05, 0) is 24.3 Å². The van der Waals surface area contributed by atoms with Crippen molar-refractivity contribution in [2.45, 2.75) is 13.1 Å². The van der Waals surface area contributed by atoms with Gasteiger partial charge in [0.15, 0.2) is 11.5 Å². The molecule has 3 aromatic rings. The first-order valence-corrected chi connectivity index (χ1v) is 8.41. The lowest BCUT2D eigenvalue weighted by Crippen LogP contribution is -2.32. The number of nitrogens with zero attached hydrogens (tertiary/aromatic N) is 2. The van der Waals surface area contributed by atoms with Gasteiger partial charge in [-0.2, -0.15) is 0 Å². The maximum Gasteiger partial charge on any atom is 0.261 e. The highest BCUT2D eigenvalue weighted by Crippen LogP contribution is 2.33. The number of halogens is 1. The fourth-order valence-corrected chi connectivity index (χ4v) is 2.92. The number of hydrogen-bond donors (Lipinski definition) is 1. The van der Waals surface area contributed by atoms with E-state index in [9.17, 15) is 14.0 Å². The third kappa shape index (κ3) is 3.46. The Morgan fingerprint density at radius 2 is 2.07 bits per heavy atom. The zero-order valence-electron chi connectivity index (χ0n) is 14.3. The minimum Gasteiger partial charge on any atom is -0.486 e. The zero-order chi connectivity index (χ0) is 18.8. The summed E-state index contributed by atoms with van der Waals surface area (Å²) in [4.78, 5) is 28.8. The molecule has 1 aromatic heterocycles. The number of fused-ring (bicyclic) bond motifs is 2. The van der Waals surface area contributed by atoms with Crippen LogP contribution in [0.25, 0.3) is 10.9 Å². The molecule has 8 heteroatoms. The Morgan fingerprint density at radius 1 is 1.22 bits per heavy atom. The maximum atomic E-state index is 13.4. The molecule has 0 unspecified atom stereocenters. The summed E-state index contributed by atoms with van der Waals surface area (Å²) in [5.41, 5.74) is 0.696. The van der Waals surface area contributed by atoms with Crippen LogP contribution in [0.1, 0.15) is 5.56 Å². The van der Waals surface area contributed by atoms with Crippen LogP contribution < -0.4 is 20.3 Å². The predicted octanol–water partition coefficient (Wildman–Crippen LogP) is 1.62. The molecule has 27 heavy (non-hydrogen) atoms. The van der Waals surface area contributed by atoms with Gasteiger partial charge < -0.3 is 14.8 Å². The first-order chi connectivity index (χ1) is 13.1. The first kappa shape index (κ1) is 17.0. The molecule has 0 bridgehead atoms. The zero-order valence-corrected chi connectivity index (χ0v) is 14.3. The molecule has 1 aliphatic heterocycles. The maximum absolute atomic E-state index is 13.4. The second-order valence-corrected chi connectivity index (χ2v) is 6.06. The molecule has 0 atom stereocenters. The van der Waals surface area contributed by atoms with Crippen LogP contribution in [0.4, 0.5) is 4.39 Å². The Balaban J connectivity index is 1.48. The molecular formula is C19H16FN3O4. The van der Waals surface area contributed by atoms with Crippen LogP contribution in [0.2, 0.25) is 0 Å². The van der Waals surface area contributed by atoms with Crippen molar-refractivity contribution in [2.24, 2.45) is 0 Å². The molecule has 2 heterocycles. The summed E-state index contributed by atoms with van der Waals surface area (Å²) < 4.78 is 25.6. The van der Waals surface area contributed by atoms with Crippen molar-refractivity contribution in [3.8, 4) is 11.5 Å². The highest BCUT2D eigenvalue weighted by molar-refractivity contribution is 5.79. The van der Waals surface area contributed by atoms with Gasteiger partial charge in [0.05, 0.1) is 17.2 Å². The molecule has 2 aromatic carbocycles. The number of hydrogen-bond acceptors (Lipinski definition) is 5. The minimum absolute atomic E-state index is 0.132. The standard InChI is InChI=1S/C19H16FN3O4/c20-13-4-5-15-14(8-13)19(25)23(11-22-15)10-17(24)21-9-12-2-1-3-16-18(12)27-7-6-26-16/h1-5,8,11H,6-7,9-10H2,(H,21,24). The van der Waals surface area contributed by atoms with E-state index < -0.39 is 11.4 Å². The predicted molar refractivity (Wildman–Crippen MR) is 95.2 cm³/mol. The van der Waals surface area contributed by atoms with Crippen molar-refractivity contribution in [3.05, 3.63) is 64.5 Å². The summed E-state index contributed by atoms with van der Waals surface area (Å²) >= 11 is 0. The van der Waals surface area contributed by atoms with E-state index in [4.69, 9.17) is 9.47 Å². The highest BCUT2D eigenvalue weighted by Gasteiger charge is 2.16. The molecule has 7 nitrogen and oxygen atoms in total. The molecule has 1 N–H and O–H groups in total. The second kappa shape index (κ2) is 7.06. The van der Waals surface area contributed by atoms with Crippen LogP contribution in [0.3, 0.4) is 0 Å². The van der Waals surface area contributed by atoms with Crippen LogP contribution in [0, 0.1) is 5.82 Å². The Hall–Kier alpha value is -3.42. The van der Waals surface area contributed by atoms with E-state index >= 15 is 0 Å². The normalized spacial score (nSPS) is 12.8. The van der Waals surface area contributed by atoms with E-state index in [1.165, 1.54) is 18.5 Å². The minimum atomic E-state index is -0.528. The summed E-state index contributed by atoms with van der Waals surface area (Å²) in [5.74, 6) is 0.359. The highest BCUT2D eigenvalue weighted by atomic mass is 19.1. The van der Waals surface area contributed by atoms with E-state index in [2.05, 4.69) is 10.3 Å². The van der Waals surface area contributed by atoms with Crippen LogP contribution in [0.5, 0.6) is 11.5 Å². The van der Waals surface area contributed by atoms with Crippen LogP contribution in [0.15, 0.2) is 47.5 Å². The summed E-state index contributed by atoms with van der Waals surface area (Å²) in [6.07, 6.45) is 1.28. The van der Waals surface area contributed by atoms with E-state index in [-0.39, 0.29) is 24.4 Å². The molecule has 138 valence electrons. The van der Waals surface area contributed by atoms with Crippen molar-refractivity contribution in [3.63, 3.8) is 0 Å². The number of rotatable bonds is 4. The van der Waals surface area contributed by atoms with Gasteiger partial charge in [-0.1, -0.05) is 12.1 Å². The Bertz CT molecular complexity index is 1080. The number of para-hydroxylation sites is 1. The van der Waals surface area contributed by atoms with Crippen molar-refractivity contribution in [2.75, 3.05) is 13.2 Å². The van der Waals surface area contributed by atoms with E-state index in [1.807, 2.05) is 12.1 Å². The Morgan fingerprint density at radius 3 is 2.96 bits per heavy atom.